The summed E-state index contributed by atoms with van der Waals surface area (Å²) in [6.07, 6.45) is 1.04. The minimum absolute atomic E-state index is 0.0341. The SMILES string of the molecule is COCCOC(=O)C1=C(C)NC(SCCCC(=O)c2ccc(C(C)(C)C)cc2)=C(C#N)C1c1ccccc1Cl. The van der Waals surface area contributed by atoms with Gasteiger partial charge in [0.25, 0.3) is 0 Å². The lowest BCUT2D eigenvalue weighted by Gasteiger charge is -2.29. The van der Waals surface area contributed by atoms with Gasteiger partial charge >= 0.3 is 5.97 Å². The molecule has 0 aliphatic carbocycles. The molecule has 0 spiro atoms. The van der Waals surface area contributed by atoms with Crippen molar-refractivity contribution in [1.29, 1.82) is 5.26 Å². The van der Waals surface area contributed by atoms with E-state index in [4.69, 9.17) is 21.1 Å². The maximum Gasteiger partial charge on any atom is 0.336 e. The number of thioether (sulfide) groups is 1. The Bertz CT molecular complexity index is 1300. The van der Waals surface area contributed by atoms with Crippen LogP contribution in [-0.2, 0) is 19.7 Å². The molecule has 3 rings (SSSR count). The summed E-state index contributed by atoms with van der Waals surface area (Å²) < 4.78 is 10.4. The van der Waals surface area contributed by atoms with Gasteiger partial charge < -0.3 is 14.8 Å². The Morgan fingerprint density at radius 3 is 2.41 bits per heavy atom. The van der Waals surface area contributed by atoms with Crippen LogP contribution in [0.3, 0.4) is 0 Å². The van der Waals surface area contributed by atoms with Gasteiger partial charge in [-0.05, 0) is 41.7 Å². The highest BCUT2D eigenvalue weighted by molar-refractivity contribution is 8.03. The predicted octanol–water partition coefficient (Wildman–Crippen LogP) is 6.92. The molecule has 0 aromatic heterocycles. The summed E-state index contributed by atoms with van der Waals surface area (Å²) in [5.41, 5.74) is 3.91. The van der Waals surface area contributed by atoms with Gasteiger partial charge in [0.15, 0.2) is 5.78 Å². The first-order chi connectivity index (χ1) is 18.6. The van der Waals surface area contributed by atoms with Crippen molar-refractivity contribution < 1.29 is 19.1 Å². The van der Waals surface area contributed by atoms with Crippen molar-refractivity contribution in [1.82, 2.24) is 5.32 Å². The number of Topliss-reactive ketones (excluding diaryl/α,β-unsaturated/α-hetero) is 1. The number of hydrogen-bond acceptors (Lipinski definition) is 7. The third-order valence-corrected chi connectivity index (χ3v) is 7.92. The lowest BCUT2D eigenvalue weighted by Crippen LogP contribution is -2.29. The number of methoxy groups -OCH3 is 1. The number of rotatable bonds is 11. The second-order valence-electron chi connectivity index (χ2n) is 10.3. The Labute approximate surface area is 240 Å². The van der Waals surface area contributed by atoms with Crippen LogP contribution in [0.25, 0.3) is 0 Å². The third kappa shape index (κ3) is 7.76. The number of nitrogens with one attached hydrogen (secondary N) is 1. The molecule has 0 radical (unpaired) electrons. The largest absolute Gasteiger partial charge is 0.460 e. The van der Waals surface area contributed by atoms with Crippen LogP contribution in [0.2, 0.25) is 5.02 Å². The van der Waals surface area contributed by atoms with E-state index in [-0.39, 0.29) is 24.4 Å². The Kier molecular flexibility index (Phi) is 10.8. The molecule has 1 atom stereocenters. The maximum atomic E-state index is 13.1. The Hall–Kier alpha value is -3.05. The monoisotopic (exact) mass is 566 g/mol. The van der Waals surface area contributed by atoms with Gasteiger partial charge in [-0.2, -0.15) is 5.26 Å². The minimum Gasteiger partial charge on any atom is -0.460 e. The van der Waals surface area contributed by atoms with Gasteiger partial charge in [0.1, 0.15) is 6.61 Å². The third-order valence-electron chi connectivity index (χ3n) is 6.47. The van der Waals surface area contributed by atoms with Gasteiger partial charge in [-0.1, -0.05) is 74.8 Å². The van der Waals surface area contributed by atoms with Crippen LogP contribution in [0.5, 0.6) is 0 Å². The molecule has 1 aliphatic heterocycles. The Morgan fingerprint density at radius 1 is 1.10 bits per heavy atom. The zero-order valence-corrected chi connectivity index (χ0v) is 24.7. The molecule has 1 heterocycles. The first kappa shape index (κ1) is 30.5. The Balaban J connectivity index is 1.76. The molecular formula is C31H35ClN2O4S. The number of esters is 1. The first-order valence-corrected chi connectivity index (χ1v) is 14.2. The van der Waals surface area contributed by atoms with E-state index < -0.39 is 11.9 Å². The fourth-order valence-electron chi connectivity index (χ4n) is 4.32. The van der Waals surface area contributed by atoms with Gasteiger partial charge in [0.2, 0.25) is 0 Å². The van der Waals surface area contributed by atoms with E-state index in [0.717, 1.165) is 0 Å². The number of allylic oxidation sites excluding steroid dienone is 2. The van der Waals surface area contributed by atoms with Crippen molar-refractivity contribution >= 4 is 35.1 Å². The van der Waals surface area contributed by atoms with E-state index in [0.29, 0.717) is 56.6 Å². The van der Waals surface area contributed by atoms with E-state index in [1.54, 1.807) is 19.1 Å². The summed E-state index contributed by atoms with van der Waals surface area (Å²) >= 11 is 8.00. The zero-order valence-electron chi connectivity index (χ0n) is 23.1. The van der Waals surface area contributed by atoms with Crippen molar-refractivity contribution in [2.24, 2.45) is 0 Å². The predicted molar refractivity (Wildman–Crippen MR) is 157 cm³/mol. The summed E-state index contributed by atoms with van der Waals surface area (Å²) in [5, 5.41) is 14.5. The van der Waals surface area contributed by atoms with Crippen LogP contribution in [0.1, 0.15) is 67.9 Å². The van der Waals surface area contributed by atoms with Crippen LogP contribution in [0.15, 0.2) is 70.4 Å². The number of benzene rings is 2. The summed E-state index contributed by atoms with van der Waals surface area (Å²) in [4.78, 5) is 25.9. The number of halogens is 1. The van der Waals surface area contributed by atoms with Crippen molar-refractivity contribution in [3.8, 4) is 6.07 Å². The smallest absolute Gasteiger partial charge is 0.336 e. The number of carbonyl (C=O) groups excluding carboxylic acids is 2. The van der Waals surface area contributed by atoms with Gasteiger partial charge in [-0.15, -0.1) is 11.8 Å². The highest BCUT2D eigenvalue weighted by Gasteiger charge is 2.36. The molecular weight excluding hydrogens is 532 g/mol. The number of nitrogens with zero attached hydrogens (tertiary/aromatic N) is 1. The van der Waals surface area contributed by atoms with Crippen molar-refractivity contribution in [3.63, 3.8) is 0 Å². The average molecular weight is 567 g/mol. The fraction of sp³-hybridized carbons (Fsp3) is 0.387. The van der Waals surface area contributed by atoms with Crippen molar-refractivity contribution in [2.45, 2.75) is 51.9 Å². The summed E-state index contributed by atoms with van der Waals surface area (Å²) in [6.45, 7) is 8.59. The molecule has 0 saturated heterocycles. The van der Waals surface area contributed by atoms with Crippen LogP contribution in [0, 0.1) is 11.3 Å². The van der Waals surface area contributed by atoms with E-state index in [2.05, 4.69) is 32.2 Å². The first-order valence-electron chi connectivity index (χ1n) is 12.9. The number of nitriles is 1. The number of ether oxygens (including phenoxy) is 2. The maximum absolute atomic E-state index is 13.1. The minimum atomic E-state index is -0.676. The lowest BCUT2D eigenvalue weighted by molar-refractivity contribution is -0.140. The second-order valence-corrected chi connectivity index (χ2v) is 11.8. The average Bonchev–Trinajstić information content (AvgIpc) is 2.90. The number of dihydropyridines is 1. The standard InChI is InChI=1S/C31H35ClN2O4S/c1-20-27(30(36)38-17-16-37-5)28(23-9-6-7-10-25(23)32)24(19-33)29(34-20)39-18-8-11-26(35)21-12-14-22(15-13-21)31(2,3)4/h6-7,9-10,12-15,28,34H,8,11,16-18H2,1-5H3. The molecule has 206 valence electrons. The fourth-order valence-corrected chi connectivity index (χ4v) is 5.60. The summed E-state index contributed by atoms with van der Waals surface area (Å²) in [7, 11) is 1.53. The lowest BCUT2D eigenvalue weighted by atomic mass is 9.82. The molecule has 2 aromatic carbocycles. The normalized spacial score (nSPS) is 15.6. The topological polar surface area (TPSA) is 88.4 Å². The highest BCUT2D eigenvalue weighted by Crippen LogP contribution is 2.43. The summed E-state index contributed by atoms with van der Waals surface area (Å²) in [6, 6.07) is 17.3. The molecule has 0 saturated carbocycles. The molecule has 0 amide bonds. The second kappa shape index (κ2) is 13.8. The zero-order chi connectivity index (χ0) is 28.6. The van der Waals surface area contributed by atoms with E-state index in [9.17, 15) is 14.9 Å². The number of carbonyl (C=O) groups is 2. The molecule has 0 bridgehead atoms. The number of hydrogen-bond donors (Lipinski definition) is 1. The van der Waals surface area contributed by atoms with E-state index >= 15 is 0 Å². The van der Waals surface area contributed by atoms with E-state index in [1.165, 1.54) is 24.4 Å². The number of ketones is 1. The molecule has 0 fully saturated rings. The molecule has 1 unspecified atom stereocenters. The van der Waals surface area contributed by atoms with Gasteiger partial charge in [0, 0.05) is 29.8 Å². The van der Waals surface area contributed by atoms with Crippen LogP contribution in [0.4, 0.5) is 0 Å². The van der Waals surface area contributed by atoms with Crippen LogP contribution < -0.4 is 5.32 Å². The molecule has 1 N–H and O–H groups in total. The molecule has 39 heavy (non-hydrogen) atoms. The van der Waals surface area contributed by atoms with Gasteiger partial charge in [-0.3, -0.25) is 4.79 Å². The quantitative estimate of drug-likeness (QED) is 0.179. The Morgan fingerprint density at radius 2 is 1.79 bits per heavy atom. The van der Waals surface area contributed by atoms with Gasteiger partial charge in [0.05, 0.1) is 34.8 Å². The summed E-state index contributed by atoms with van der Waals surface area (Å²) in [5.74, 6) is -0.490. The van der Waals surface area contributed by atoms with Crippen molar-refractivity contribution in [3.05, 3.63) is 92.1 Å². The van der Waals surface area contributed by atoms with Crippen molar-refractivity contribution in [2.75, 3.05) is 26.1 Å². The molecule has 1 aliphatic rings. The van der Waals surface area contributed by atoms with Gasteiger partial charge in [-0.25, -0.2) is 4.79 Å². The molecule has 8 heteroatoms. The van der Waals surface area contributed by atoms with Crippen LogP contribution in [-0.4, -0.2) is 37.8 Å². The highest BCUT2D eigenvalue weighted by atomic mass is 35.5. The van der Waals surface area contributed by atoms with E-state index in [1.807, 2.05) is 36.4 Å². The molecule has 6 nitrogen and oxygen atoms in total. The molecule has 2 aromatic rings. The van der Waals surface area contributed by atoms with Crippen LogP contribution >= 0.6 is 23.4 Å².